The molecule has 3 aromatic heterocycles. The fourth-order valence-electron chi connectivity index (χ4n) is 4.48. The minimum atomic E-state index is -0.316. The van der Waals surface area contributed by atoms with Gasteiger partial charge in [-0.3, -0.25) is 4.98 Å². The first kappa shape index (κ1) is 21.5. The van der Waals surface area contributed by atoms with Crippen molar-refractivity contribution in [2.75, 3.05) is 26.7 Å². The number of methoxy groups -OCH3 is 1. The van der Waals surface area contributed by atoms with E-state index in [0.717, 1.165) is 49.5 Å². The van der Waals surface area contributed by atoms with Crippen LogP contribution in [0, 0.1) is 12.7 Å². The van der Waals surface area contributed by atoms with Gasteiger partial charge in [0, 0.05) is 35.7 Å². The normalized spacial score (nSPS) is 15.2. The van der Waals surface area contributed by atoms with Crippen molar-refractivity contribution >= 4 is 11.0 Å². The number of ether oxygens (including phenoxy) is 1. The van der Waals surface area contributed by atoms with Crippen molar-refractivity contribution in [2.45, 2.75) is 32.1 Å². The highest BCUT2D eigenvalue weighted by atomic mass is 19.1. The Morgan fingerprint density at radius 1 is 1.12 bits per heavy atom. The smallest absolute Gasteiger partial charge is 0.213 e. The summed E-state index contributed by atoms with van der Waals surface area (Å²) < 4.78 is 25.5. The van der Waals surface area contributed by atoms with E-state index in [4.69, 9.17) is 9.26 Å². The number of piperidine rings is 1. The molecule has 0 spiro atoms. The molecule has 1 fully saturated rings. The third kappa shape index (κ3) is 4.59. The summed E-state index contributed by atoms with van der Waals surface area (Å²) in [5.41, 5.74) is 5.04. The molecule has 33 heavy (non-hydrogen) atoms. The van der Waals surface area contributed by atoms with E-state index in [0.29, 0.717) is 34.8 Å². The number of benzene rings is 1. The Morgan fingerprint density at radius 3 is 2.67 bits per heavy atom. The van der Waals surface area contributed by atoms with Gasteiger partial charge < -0.3 is 14.2 Å². The monoisotopic (exact) mass is 446 g/mol. The highest BCUT2D eigenvalue weighted by molar-refractivity contribution is 5.78. The second-order valence-electron chi connectivity index (χ2n) is 8.65. The molecular formula is C26H27FN4O2. The number of rotatable bonds is 6. The predicted molar refractivity (Wildman–Crippen MR) is 125 cm³/mol. The molecule has 1 aliphatic heterocycles. The van der Waals surface area contributed by atoms with Gasteiger partial charge in [0.05, 0.1) is 24.3 Å². The molecule has 170 valence electrons. The summed E-state index contributed by atoms with van der Waals surface area (Å²) in [6, 6.07) is 14.0. The number of aromatic nitrogens is 3. The average Bonchev–Trinajstić information content (AvgIpc) is 3.34. The maximum atomic E-state index is 14.6. The Labute approximate surface area is 192 Å². The Balaban J connectivity index is 1.21. The lowest BCUT2D eigenvalue weighted by Gasteiger charge is -2.30. The van der Waals surface area contributed by atoms with Crippen molar-refractivity contribution < 1.29 is 13.7 Å². The van der Waals surface area contributed by atoms with Gasteiger partial charge in [-0.05, 0) is 45.3 Å². The van der Waals surface area contributed by atoms with Crippen LogP contribution in [-0.4, -0.2) is 46.8 Å². The van der Waals surface area contributed by atoms with Crippen LogP contribution in [0.15, 0.2) is 53.2 Å². The van der Waals surface area contributed by atoms with Crippen molar-refractivity contribution in [1.82, 2.24) is 20.0 Å². The molecule has 1 aromatic carbocycles. The number of fused-ring (bicyclic) bond motifs is 1. The summed E-state index contributed by atoms with van der Waals surface area (Å²) in [6.45, 7) is 4.72. The van der Waals surface area contributed by atoms with Crippen LogP contribution in [0.4, 0.5) is 4.39 Å². The molecular weight excluding hydrogens is 419 g/mol. The maximum absolute atomic E-state index is 14.6. The molecule has 0 unspecified atom stereocenters. The highest BCUT2D eigenvalue weighted by Crippen LogP contribution is 2.31. The predicted octanol–water partition coefficient (Wildman–Crippen LogP) is 5.16. The molecule has 0 bridgehead atoms. The second-order valence-corrected chi connectivity index (χ2v) is 8.65. The highest BCUT2D eigenvalue weighted by Gasteiger charge is 2.24. The molecule has 0 aliphatic carbocycles. The molecule has 0 radical (unpaired) electrons. The molecule has 1 aliphatic rings. The van der Waals surface area contributed by atoms with E-state index in [1.54, 1.807) is 13.2 Å². The number of likely N-dealkylation sites (tertiary alicyclic amines) is 1. The van der Waals surface area contributed by atoms with E-state index in [1.807, 2.05) is 6.07 Å². The van der Waals surface area contributed by atoms with Crippen molar-refractivity contribution in [3.8, 4) is 17.1 Å². The van der Waals surface area contributed by atoms with Gasteiger partial charge in [0.2, 0.25) is 5.88 Å². The molecule has 4 aromatic rings. The molecule has 0 N–H and O–H groups in total. The van der Waals surface area contributed by atoms with Crippen molar-refractivity contribution in [3.63, 3.8) is 0 Å². The maximum Gasteiger partial charge on any atom is 0.213 e. The fraction of sp³-hybridized carbons (Fsp3) is 0.346. The minimum absolute atomic E-state index is 0.316. The number of aryl methyl sites for hydroxylation is 1. The largest absolute Gasteiger partial charge is 0.481 e. The third-order valence-corrected chi connectivity index (χ3v) is 6.49. The topological polar surface area (TPSA) is 64.3 Å². The standard InChI is InChI=1S/C26H27FN4O2/c1-17-3-5-18(6-4-17)23-15-24(33-30-23)19-9-12-31(13-10-19)14-11-20-21(27)16-28-22-7-8-25(32-2)29-26(20)22/h3-8,15-16,19H,9-14H2,1-2H3. The zero-order valence-electron chi connectivity index (χ0n) is 18.9. The van der Waals surface area contributed by atoms with Gasteiger partial charge in [-0.15, -0.1) is 0 Å². The van der Waals surface area contributed by atoms with Crippen LogP contribution in [0.5, 0.6) is 5.88 Å². The van der Waals surface area contributed by atoms with Gasteiger partial charge in [-0.1, -0.05) is 35.0 Å². The van der Waals surface area contributed by atoms with Crippen molar-refractivity contribution in [1.29, 1.82) is 0 Å². The van der Waals surface area contributed by atoms with Gasteiger partial charge in [-0.2, -0.15) is 0 Å². The number of pyridine rings is 2. The van der Waals surface area contributed by atoms with Crippen LogP contribution in [0.3, 0.4) is 0 Å². The molecule has 1 saturated heterocycles. The average molecular weight is 447 g/mol. The summed E-state index contributed by atoms with van der Waals surface area (Å²) in [5, 5.41) is 4.29. The minimum Gasteiger partial charge on any atom is -0.481 e. The van der Waals surface area contributed by atoms with Gasteiger partial charge in [0.1, 0.15) is 17.3 Å². The zero-order valence-corrected chi connectivity index (χ0v) is 18.9. The molecule has 0 atom stereocenters. The first-order valence-corrected chi connectivity index (χ1v) is 11.3. The van der Waals surface area contributed by atoms with Crippen molar-refractivity contribution in [3.05, 3.63) is 71.4 Å². The van der Waals surface area contributed by atoms with E-state index in [-0.39, 0.29) is 5.82 Å². The summed E-state index contributed by atoms with van der Waals surface area (Å²) in [5.74, 6) is 1.46. The van der Waals surface area contributed by atoms with Gasteiger partial charge in [0.15, 0.2) is 0 Å². The first-order chi connectivity index (χ1) is 16.1. The Bertz CT molecular complexity index is 1250. The van der Waals surface area contributed by atoms with Crippen LogP contribution in [0.1, 0.15) is 35.6 Å². The summed E-state index contributed by atoms with van der Waals surface area (Å²) in [6.07, 6.45) is 3.85. The summed E-state index contributed by atoms with van der Waals surface area (Å²) in [7, 11) is 1.56. The Hall–Kier alpha value is -3.32. The molecule has 0 saturated carbocycles. The quantitative estimate of drug-likeness (QED) is 0.408. The van der Waals surface area contributed by atoms with E-state index in [9.17, 15) is 4.39 Å². The van der Waals surface area contributed by atoms with Crippen LogP contribution in [0.2, 0.25) is 0 Å². The van der Waals surface area contributed by atoms with E-state index >= 15 is 0 Å². The van der Waals surface area contributed by atoms with E-state index < -0.39 is 0 Å². The molecule has 0 amide bonds. The Kier molecular flexibility index (Phi) is 6.05. The van der Waals surface area contributed by atoms with E-state index in [1.165, 1.54) is 11.8 Å². The van der Waals surface area contributed by atoms with E-state index in [2.05, 4.69) is 57.3 Å². The molecule has 5 rings (SSSR count). The lowest BCUT2D eigenvalue weighted by atomic mass is 9.93. The number of hydrogen-bond acceptors (Lipinski definition) is 6. The number of halogens is 1. The third-order valence-electron chi connectivity index (χ3n) is 6.49. The lowest BCUT2D eigenvalue weighted by Crippen LogP contribution is -2.34. The summed E-state index contributed by atoms with van der Waals surface area (Å²) >= 11 is 0. The van der Waals surface area contributed by atoms with Crippen LogP contribution in [0.25, 0.3) is 22.3 Å². The fourth-order valence-corrected chi connectivity index (χ4v) is 4.48. The van der Waals surface area contributed by atoms with Gasteiger partial charge in [0.25, 0.3) is 0 Å². The Morgan fingerprint density at radius 2 is 1.91 bits per heavy atom. The first-order valence-electron chi connectivity index (χ1n) is 11.3. The molecule has 4 heterocycles. The number of hydrogen-bond donors (Lipinski definition) is 0. The second kappa shape index (κ2) is 9.27. The molecule has 7 heteroatoms. The SMILES string of the molecule is COc1ccc2ncc(F)c(CCN3CCC(c4cc(-c5ccc(C)cc5)no4)CC3)c2n1. The van der Waals surface area contributed by atoms with Crippen LogP contribution >= 0.6 is 0 Å². The molecule has 6 nitrogen and oxygen atoms in total. The van der Waals surface area contributed by atoms with Crippen molar-refractivity contribution in [2.24, 2.45) is 0 Å². The van der Waals surface area contributed by atoms with Gasteiger partial charge in [-0.25, -0.2) is 9.37 Å². The zero-order chi connectivity index (χ0) is 22.8. The van der Waals surface area contributed by atoms with Crippen LogP contribution < -0.4 is 4.74 Å². The van der Waals surface area contributed by atoms with Gasteiger partial charge >= 0.3 is 0 Å². The van der Waals surface area contributed by atoms with Crippen LogP contribution in [-0.2, 0) is 6.42 Å². The lowest BCUT2D eigenvalue weighted by molar-refractivity contribution is 0.198. The number of nitrogens with zero attached hydrogens (tertiary/aromatic N) is 4. The summed E-state index contributed by atoms with van der Waals surface area (Å²) in [4.78, 5) is 11.0.